The molecule has 0 aromatic rings. The smallest absolute Gasteiger partial charge is 0.312 e. The molecule has 1 saturated heterocycles. The number of rotatable bonds is 1. The van der Waals surface area contributed by atoms with Gasteiger partial charge in [0.25, 0.3) is 0 Å². The van der Waals surface area contributed by atoms with Gasteiger partial charge in [0, 0.05) is 5.92 Å². The first-order valence-corrected chi connectivity index (χ1v) is 3.07. The molecule has 1 aliphatic heterocycles. The largest absolute Gasteiger partial charge is 0.481 e. The lowest BCUT2D eigenvalue weighted by atomic mass is 10.1. The predicted molar refractivity (Wildman–Crippen MR) is 29.0 cm³/mol. The molecule has 1 aliphatic carbocycles. The van der Waals surface area contributed by atoms with Crippen molar-refractivity contribution in [1.82, 2.24) is 0 Å². The van der Waals surface area contributed by atoms with Crippen molar-refractivity contribution in [3.63, 3.8) is 0 Å². The molecular weight excluding hydrogens is 120 g/mol. The highest BCUT2D eigenvalue weighted by molar-refractivity contribution is 5.79. The van der Waals surface area contributed by atoms with Crippen LogP contribution in [0.25, 0.3) is 0 Å². The third kappa shape index (κ3) is 0.477. The molecule has 9 heavy (non-hydrogen) atoms. The number of carbonyl (C=O) groups is 1. The van der Waals surface area contributed by atoms with Gasteiger partial charge in [0.2, 0.25) is 0 Å². The van der Waals surface area contributed by atoms with Crippen molar-refractivity contribution >= 4 is 5.97 Å². The second kappa shape index (κ2) is 1.29. The standard InChI is InChI=1S/C6H8O3/c7-5(8)6-1-4(6)2-9-3-6/h4H,1-3H2,(H,7,8)/t4?,6-/m0/s1. The maximum Gasteiger partial charge on any atom is 0.312 e. The van der Waals surface area contributed by atoms with Crippen molar-refractivity contribution in [2.75, 3.05) is 13.2 Å². The molecule has 2 aliphatic rings. The summed E-state index contributed by atoms with van der Waals surface area (Å²) >= 11 is 0. The first-order chi connectivity index (χ1) is 4.26. The van der Waals surface area contributed by atoms with Crippen molar-refractivity contribution in [2.24, 2.45) is 11.3 Å². The molecule has 1 N–H and O–H groups in total. The number of carboxylic acid groups (broad SMARTS) is 1. The van der Waals surface area contributed by atoms with Crippen LogP contribution in [0.4, 0.5) is 0 Å². The molecule has 0 aromatic heterocycles. The van der Waals surface area contributed by atoms with Gasteiger partial charge in [-0.05, 0) is 6.42 Å². The van der Waals surface area contributed by atoms with Gasteiger partial charge in [-0.3, -0.25) is 4.79 Å². The molecule has 0 spiro atoms. The Hall–Kier alpha value is -0.570. The summed E-state index contributed by atoms with van der Waals surface area (Å²) in [6.45, 7) is 1.10. The van der Waals surface area contributed by atoms with Crippen LogP contribution in [0.15, 0.2) is 0 Å². The maximum absolute atomic E-state index is 10.5. The Bertz CT molecular complexity index is 166. The summed E-state index contributed by atoms with van der Waals surface area (Å²) in [5, 5.41) is 8.63. The monoisotopic (exact) mass is 128 g/mol. The Balaban J connectivity index is 2.19. The maximum atomic E-state index is 10.5. The quantitative estimate of drug-likeness (QED) is 0.545. The molecule has 1 unspecified atom stereocenters. The minimum atomic E-state index is -0.676. The van der Waals surface area contributed by atoms with E-state index < -0.39 is 11.4 Å². The molecular formula is C6H8O3. The number of aliphatic carboxylic acids is 1. The Kier molecular flexibility index (Phi) is 0.750. The lowest BCUT2D eigenvalue weighted by Crippen LogP contribution is -2.18. The van der Waals surface area contributed by atoms with E-state index in [2.05, 4.69) is 0 Å². The van der Waals surface area contributed by atoms with Crippen molar-refractivity contribution in [3.8, 4) is 0 Å². The predicted octanol–water partition coefficient (Wildman–Crippen LogP) is 0.108. The molecule has 0 amide bonds. The van der Waals surface area contributed by atoms with Crippen LogP contribution in [-0.4, -0.2) is 24.3 Å². The van der Waals surface area contributed by atoms with Gasteiger partial charge in [-0.2, -0.15) is 0 Å². The van der Waals surface area contributed by atoms with E-state index in [1.807, 2.05) is 0 Å². The Morgan fingerprint density at radius 1 is 1.78 bits per heavy atom. The number of hydrogen-bond donors (Lipinski definition) is 1. The van der Waals surface area contributed by atoms with E-state index in [0.29, 0.717) is 19.1 Å². The fourth-order valence-electron chi connectivity index (χ4n) is 1.48. The molecule has 0 bridgehead atoms. The van der Waals surface area contributed by atoms with Crippen LogP contribution in [0.5, 0.6) is 0 Å². The fraction of sp³-hybridized carbons (Fsp3) is 0.833. The summed E-state index contributed by atoms with van der Waals surface area (Å²) in [6.07, 6.45) is 0.836. The van der Waals surface area contributed by atoms with Crippen LogP contribution >= 0.6 is 0 Å². The lowest BCUT2D eigenvalue weighted by molar-refractivity contribution is -0.144. The second-order valence-corrected chi connectivity index (χ2v) is 2.88. The van der Waals surface area contributed by atoms with Gasteiger partial charge in [0.05, 0.1) is 18.6 Å². The van der Waals surface area contributed by atoms with Gasteiger partial charge in [-0.1, -0.05) is 0 Å². The first-order valence-electron chi connectivity index (χ1n) is 3.07. The molecule has 50 valence electrons. The highest BCUT2D eigenvalue weighted by atomic mass is 16.5. The number of hydrogen-bond acceptors (Lipinski definition) is 2. The SMILES string of the molecule is O=C(O)[C@@]12COCC1C2. The van der Waals surface area contributed by atoms with E-state index in [4.69, 9.17) is 9.84 Å². The number of carboxylic acids is 1. The Morgan fingerprint density at radius 2 is 2.56 bits per heavy atom. The van der Waals surface area contributed by atoms with Gasteiger partial charge in [-0.15, -0.1) is 0 Å². The van der Waals surface area contributed by atoms with Crippen LogP contribution in [0.2, 0.25) is 0 Å². The molecule has 1 heterocycles. The van der Waals surface area contributed by atoms with E-state index in [-0.39, 0.29) is 0 Å². The molecule has 0 radical (unpaired) electrons. The van der Waals surface area contributed by atoms with E-state index in [1.165, 1.54) is 0 Å². The van der Waals surface area contributed by atoms with Gasteiger partial charge >= 0.3 is 5.97 Å². The Morgan fingerprint density at radius 3 is 2.78 bits per heavy atom. The zero-order chi connectivity index (χ0) is 6.48. The number of fused-ring (bicyclic) bond motifs is 1. The van der Waals surface area contributed by atoms with E-state index >= 15 is 0 Å². The molecule has 1 saturated carbocycles. The van der Waals surface area contributed by atoms with Crippen LogP contribution in [0.3, 0.4) is 0 Å². The average molecular weight is 128 g/mol. The van der Waals surface area contributed by atoms with Crippen molar-refractivity contribution in [1.29, 1.82) is 0 Å². The molecule has 2 fully saturated rings. The zero-order valence-electron chi connectivity index (χ0n) is 4.96. The minimum absolute atomic E-state index is 0.329. The van der Waals surface area contributed by atoms with E-state index in [1.54, 1.807) is 0 Å². The average Bonchev–Trinajstić information content (AvgIpc) is 2.38. The zero-order valence-corrected chi connectivity index (χ0v) is 4.96. The highest BCUT2D eigenvalue weighted by Crippen LogP contribution is 2.56. The van der Waals surface area contributed by atoms with Gasteiger partial charge in [-0.25, -0.2) is 0 Å². The van der Waals surface area contributed by atoms with Crippen LogP contribution in [0.1, 0.15) is 6.42 Å². The third-order valence-electron chi connectivity index (χ3n) is 2.34. The first kappa shape index (κ1) is 5.23. The third-order valence-corrected chi connectivity index (χ3v) is 2.34. The summed E-state index contributed by atoms with van der Waals surface area (Å²) in [5.41, 5.74) is -0.444. The van der Waals surface area contributed by atoms with Crippen molar-refractivity contribution in [2.45, 2.75) is 6.42 Å². The van der Waals surface area contributed by atoms with E-state index in [0.717, 1.165) is 6.42 Å². The summed E-state index contributed by atoms with van der Waals surface area (Å²) < 4.78 is 4.99. The van der Waals surface area contributed by atoms with Crippen LogP contribution in [0, 0.1) is 11.3 Å². The number of ether oxygens (including phenoxy) is 1. The van der Waals surface area contributed by atoms with Crippen molar-refractivity contribution < 1.29 is 14.6 Å². The molecule has 3 heteroatoms. The second-order valence-electron chi connectivity index (χ2n) is 2.88. The molecule has 2 atom stereocenters. The minimum Gasteiger partial charge on any atom is -0.481 e. The summed E-state index contributed by atoms with van der Waals surface area (Å²) in [6, 6.07) is 0. The van der Waals surface area contributed by atoms with Gasteiger partial charge in [0.1, 0.15) is 0 Å². The summed E-state index contributed by atoms with van der Waals surface area (Å²) in [4.78, 5) is 10.5. The molecule has 0 aromatic carbocycles. The van der Waals surface area contributed by atoms with Gasteiger partial charge < -0.3 is 9.84 Å². The lowest BCUT2D eigenvalue weighted by Gasteiger charge is -2.00. The highest BCUT2D eigenvalue weighted by Gasteiger charge is 2.64. The van der Waals surface area contributed by atoms with Gasteiger partial charge in [0.15, 0.2) is 0 Å². The summed E-state index contributed by atoms with van der Waals surface area (Å²) in [5.74, 6) is -0.347. The summed E-state index contributed by atoms with van der Waals surface area (Å²) in [7, 11) is 0. The normalized spacial score (nSPS) is 46.4. The fourth-order valence-corrected chi connectivity index (χ4v) is 1.48. The molecule has 2 rings (SSSR count). The van der Waals surface area contributed by atoms with Crippen LogP contribution in [-0.2, 0) is 9.53 Å². The van der Waals surface area contributed by atoms with Crippen molar-refractivity contribution in [3.05, 3.63) is 0 Å². The topological polar surface area (TPSA) is 46.5 Å². The molecule has 3 nitrogen and oxygen atoms in total. The Labute approximate surface area is 52.6 Å². The van der Waals surface area contributed by atoms with Crippen LogP contribution < -0.4 is 0 Å². The van der Waals surface area contributed by atoms with E-state index in [9.17, 15) is 4.79 Å².